The second-order valence-electron chi connectivity index (χ2n) is 18.4. The van der Waals surface area contributed by atoms with Gasteiger partial charge in [0.2, 0.25) is 5.91 Å². The van der Waals surface area contributed by atoms with Crippen molar-refractivity contribution in [2.24, 2.45) is 50.2 Å². The van der Waals surface area contributed by atoms with E-state index in [1.807, 2.05) is 18.3 Å². The first-order valence-corrected chi connectivity index (χ1v) is 18.4. The summed E-state index contributed by atoms with van der Waals surface area (Å²) in [5.41, 5.74) is 2.72. The molecule has 256 valence electrons. The van der Waals surface area contributed by atoms with Crippen molar-refractivity contribution in [3.8, 4) is 5.75 Å². The molecule has 2 aromatic rings. The number of carbonyl (C=O) groups is 2. The van der Waals surface area contributed by atoms with E-state index in [2.05, 4.69) is 70.9 Å². The number of ether oxygens (including phenoxy) is 1. The van der Waals surface area contributed by atoms with Crippen molar-refractivity contribution in [3.05, 3.63) is 41.6 Å². The second kappa shape index (κ2) is 10.7. The smallest absolute Gasteiger partial charge is 0.225 e. The molecule has 0 radical (unpaired) electrons. The Labute approximate surface area is 281 Å². The lowest BCUT2D eigenvalue weighted by molar-refractivity contribution is -0.202. The molecule has 5 aliphatic rings. The summed E-state index contributed by atoms with van der Waals surface area (Å²) < 4.78 is 5.44. The van der Waals surface area contributed by atoms with Gasteiger partial charge >= 0.3 is 0 Å². The average Bonchev–Trinajstić information content (AvgIpc) is 3.43. The van der Waals surface area contributed by atoms with Gasteiger partial charge in [-0.3, -0.25) is 9.59 Å². The number of methoxy groups -OCH3 is 1. The molecule has 7 rings (SSSR count). The first-order valence-electron chi connectivity index (χ1n) is 18.4. The molecule has 4 fully saturated rings. The summed E-state index contributed by atoms with van der Waals surface area (Å²) in [6, 6.07) is 6.05. The van der Waals surface area contributed by atoms with Crippen LogP contribution in [0.4, 0.5) is 0 Å². The molecule has 0 saturated heterocycles. The van der Waals surface area contributed by atoms with Gasteiger partial charge in [-0.2, -0.15) is 0 Å². The number of H-pyrrole nitrogens is 1. The molecule has 3 N–H and O–H groups in total. The fraction of sp³-hybridized carbons (Fsp3) is 0.707. The van der Waals surface area contributed by atoms with Crippen LogP contribution < -0.4 is 10.1 Å². The zero-order valence-corrected chi connectivity index (χ0v) is 30.1. The molecule has 1 aromatic heterocycles. The standard InChI is InChI=1S/C41H58N2O4/c1-36(2)32-11-15-41(7)34(39(32,5)14-12-33(36)45)31(44)22-28-29-23-38(4,17-16-37(29,3)18-19-40(28,41)6)35(46)42-20-13-25-24-43-30-10-9-26(47-8)21-27(25)30/h9-10,21-22,24,29,32-34,43,45H,11-20,23H2,1-8H3,(H,42,46)/t29-,32-,33-,34+,37+,38-,39-,40+,41+/m0/s1. The van der Waals surface area contributed by atoms with Crippen LogP contribution in [-0.2, 0) is 16.0 Å². The van der Waals surface area contributed by atoms with E-state index in [1.54, 1.807) is 7.11 Å². The van der Waals surface area contributed by atoms with E-state index in [-0.39, 0.29) is 50.9 Å². The molecule has 1 amide bonds. The lowest BCUT2D eigenvalue weighted by Gasteiger charge is -2.70. The molecule has 0 spiro atoms. The van der Waals surface area contributed by atoms with Crippen molar-refractivity contribution in [2.75, 3.05) is 13.7 Å². The van der Waals surface area contributed by atoms with E-state index in [9.17, 15) is 14.7 Å². The summed E-state index contributed by atoms with van der Waals surface area (Å²) in [6.07, 6.45) is 13.3. The molecule has 47 heavy (non-hydrogen) atoms. The number of aromatic amines is 1. The number of aliphatic hydroxyl groups excluding tert-OH is 1. The van der Waals surface area contributed by atoms with Gasteiger partial charge in [0.15, 0.2) is 5.78 Å². The summed E-state index contributed by atoms with van der Waals surface area (Å²) in [5, 5.41) is 15.5. The number of hydrogen-bond donors (Lipinski definition) is 3. The molecule has 6 nitrogen and oxygen atoms in total. The lowest BCUT2D eigenvalue weighted by Crippen LogP contribution is -2.66. The number of aliphatic hydroxyl groups is 1. The molecule has 0 bridgehead atoms. The highest BCUT2D eigenvalue weighted by Gasteiger charge is 2.70. The largest absolute Gasteiger partial charge is 0.497 e. The summed E-state index contributed by atoms with van der Waals surface area (Å²) in [7, 11) is 1.69. The van der Waals surface area contributed by atoms with Crippen LogP contribution in [0.1, 0.15) is 112 Å². The van der Waals surface area contributed by atoms with Gasteiger partial charge in [0, 0.05) is 35.0 Å². The molecule has 6 heteroatoms. The number of ketones is 1. The van der Waals surface area contributed by atoms with E-state index in [0.29, 0.717) is 18.2 Å². The van der Waals surface area contributed by atoms with Crippen LogP contribution in [0.5, 0.6) is 5.75 Å². The molecular formula is C41H58N2O4. The third-order valence-corrected chi connectivity index (χ3v) is 15.8. The highest BCUT2D eigenvalue weighted by Crippen LogP contribution is 2.75. The Bertz CT molecular complexity index is 1640. The third-order valence-electron chi connectivity index (χ3n) is 15.8. The maximum absolute atomic E-state index is 14.6. The predicted molar refractivity (Wildman–Crippen MR) is 187 cm³/mol. The van der Waals surface area contributed by atoms with E-state index < -0.39 is 5.41 Å². The van der Waals surface area contributed by atoms with Gasteiger partial charge in [0.25, 0.3) is 0 Å². The number of nitrogens with one attached hydrogen (secondary N) is 2. The Morgan fingerprint density at radius 1 is 1.00 bits per heavy atom. The molecule has 0 unspecified atom stereocenters. The van der Waals surface area contributed by atoms with Crippen LogP contribution in [0.3, 0.4) is 0 Å². The van der Waals surface area contributed by atoms with Crippen molar-refractivity contribution >= 4 is 22.6 Å². The minimum Gasteiger partial charge on any atom is -0.497 e. The Morgan fingerprint density at radius 2 is 1.74 bits per heavy atom. The van der Waals surface area contributed by atoms with Gasteiger partial charge in [0.1, 0.15) is 5.75 Å². The van der Waals surface area contributed by atoms with Crippen molar-refractivity contribution in [2.45, 2.75) is 119 Å². The SMILES string of the molecule is COc1ccc2[nH]cc(CCNC(=O)[C@@]3(C)CC[C@]4(C)CC[C@]5(C)C(=CC(=O)[C@@H]6[C@@]7(C)CC[C@H](O)C(C)(C)[C@@H]7CC[C@]65C)[C@@H]4C3)c2c1. The second-order valence-corrected chi connectivity index (χ2v) is 18.4. The number of fused-ring (bicyclic) bond motifs is 8. The van der Waals surface area contributed by atoms with Crippen molar-refractivity contribution in [3.63, 3.8) is 0 Å². The summed E-state index contributed by atoms with van der Waals surface area (Å²) in [4.78, 5) is 32.0. The van der Waals surface area contributed by atoms with Crippen LogP contribution in [0.15, 0.2) is 36.0 Å². The number of aromatic nitrogens is 1. The Balaban J connectivity index is 1.14. The number of hydrogen-bond acceptors (Lipinski definition) is 4. The zero-order valence-electron chi connectivity index (χ0n) is 30.1. The van der Waals surface area contributed by atoms with Crippen molar-refractivity contribution < 1.29 is 19.4 Å². The number of amides is 1. The van der Waals surface area contributed by atoms with Crippen molar-refractivity contribution in [1.29, 1.82) is 0 Å². The number of allylic oxidation sites excluding steroid dienone is 2. The van der Waals surface area contributed by atoms with E-state index in [4.69, 9.17) is 4.74 Å². The highest BCUT2D eigenvalue weighted by molar-refractivity contribution is 5.96. The predicted octanol–water partition coefficient (Wildman–Crippen LogP) is 8.18. The number of carbonyl (C=O) groups excluding carboxylic acids is 2. The highest BCUT2D eigenvalue weighted by atomic mass is 16.5. The maximum atomic E-state index is 14.6. The average molecular weight is 643 g/mol. The number of benzene rings is 1. The first-order chi connectivity index (χ1) is 22.0. The summed E-state index contributed by atoms with van der Waals surface area (Å²) >= 11 is 0. The minimum absolute atomic E-state index is 0.0265. The van der Waals surface area contributed by atoms with Gasteiger partial charge in [-0.05, 0) is 133 Å². The molecular weight excluding hydrogens is 584 g/mol. The Kier molecular flexibility index (Phi) is 7.49. The Morgan fingerprint density at radius 3 is 2.49 bits per heavy atom. The molecule has 9 atom stereocenters. The summed E-state index contributed by atoms with van der Waals surface area (Å²) in [6.45, 7) is 17.0. The molecule has 1 heterocycles. The first kappa shape index (κ1) is 32.9. The quantitative estimate of drug-likeness (QED) is 0.307. The van der Waals surface area contributed by atoms with Crippen LogP contribution in [-0.4, -0.2) is 41.5 Å². The van der Waals surface area contributed by atoms with Crippen LogP contribution in [0.25, 0.3) is 10.9 Å². The van der Waals surface area contributed by atoms with Crippen LogP contribution in [0, 0.1) is 50.2 Å². The normalized spacial score (nSPS) is 42.4. The zero-order chi connectivity index (χ0) is 33.8. The molecule has 0 aliphatic heterocycles. The van der Waals surface area contributed by atoms with E-state index >= 15 is 0 Å². The van der Waals surface area contributed by atoms with Gasteiger partial charge in [-0.25, -0.2) is 0 Å². The fourth-order valence-corrected chi connectivity index (χ4v) is 12.4. The maximum Gasteiger partial charge on any atom is 0.225 e. The van der Waals surface area contributed by atoms with Gasteiger partial charge in [0.05, 0.1) is 13.2 Å². The fourth-order valence-electron chi connectivity index (χ4n) is 12.4. The Hall–Kier alpha value is -2.60. The summed E-state index contributed by atoms with van der Waals surface area (Å²) in [5.74, 6) is 1.83. The molecule has 1 aromatic carbocycles. The molecule has 4 saturated carbocycles. The minimum atomic E-state index is -0.472. The van der Waals surface area contributed by atoms with E-state index in [0.717, 1.165) is 80.9 Å². The van der Waals surface area contributed by atoms with Gasteiger partial charge in [-0.1, -0.05) is 54.0 Å². The van der Waals surface area contributed by atoms with Crippen molar-refractivity contribution in [1.82, 2.24) is 10.3 Å². The van der Waals surface area contributed by atoms with Crippen LogP contribution >= 0.6 is 0 Å². The van der Waals surface area contributed by atoms with Crippen LogP contribution in [0.2, 0.25) is 0 Å². The monoisotopic (exact) mass is 642 g/mol. The topological polar surface area (TPSA) is 91.4 Å². The van der Waals surface area contributed by atoms with E-state index in [1.165, 1.54) is 11.1 Å². The lowest BCUT2D eigenvalue weighted by atomic mass is 9.33. The molecule has 5 aliphatic carbocycles. The number of rotatable bonds is 5. The van der Waals surface area contributed by atoms with Gasteiger partial charge in [-0.15, -0.1) is 0 Å². The van der Waals surface area contributed by atoms with Gasteiger partial charge < -0.3 is 20.1 Å². The third kappa shape index (κ3) is 4.58.